The number of carboxylic acids is 1. The van der Waals surface area contributed by atoms with E-state index in [2.05, 4.69) is 16.5 Å². The number of aromatic nitrogens is 2. The van der Waals surface area contributed by atoms with Crippen LogP contribution in [0.3, 0.4) is 0 Å². The van der Waals surface area contributed by atoms with Crippen LogP contribution in [0.25, 0.3) is 11.1 Å². The molecule has 0 saturated heterocycles. The molecule has 0 amide bonds. The minimum atomic E-state index is -0.905. The first-order chi connectivity index (χ1) is 12.2. The molecule has 3 rings (SSSR count). The third-order valence-electron chi connectivity index (χ3n) is 4.34. The molecule has 0 aliphatic carbocycles. The number of unbranched alkanes of at least 4 members (excludes halogenated alkanes) is 1. The Morgan fingerprint density at radius 1 is 1.12 bits per heavy atom. The van der Waals surface area contributed by atoms with Crippen LogP contribution in [-0.2, 0) is 13.0 Å². The van der Waals surface area contributed by atoms with Crippen LogP contribution >= 0.6 is 0 Å². The molecule has 0 radical (unpaired) electrons. The molecular weight excluding hydrogens is 312 g/mol. The highest BCUT2D eigenvalue weighted by Gasteiger charge is 2.11. The van der Waals surface area contributed by atoms with Gasteiger partial charge in [0.05, 0.1) is 5.56 Å². The number of hydrogen-bond donors (Lipinski definition) is 1. The maximum Gasteiger partial charge on any atom is 0.336 e. The van der Waals surface area contributed by atoms with E-state index in [4.69, 9.17) is 0 Å². The van der Waals surface area contributed by atoms with Crippen LogP contribution < -0.4 is 0 Å². The first-order valence-electron chi connectivity index (χ1n) is 8.60. The van der Waals surface area contributed by atoms with Crippen molar-refractivity contribution in [3.63, 3.8) is 0 Å². The average molecular weight is 334 g/mol. The zero-order valence-electron chi connectivity index (χ0n) is 14.4. The second kappa shape index (κ2) is 7.79. The first-order valence-corrected chi connectivity index (χ1v) is 8.60. The molecule has 1 N–H and O–H groups in total. The fourth-order valence-electron chi connectivity index (χ4n) is 2.95. The van der Waals surface area contributed by atoms with Crippen molar-refractivity contribution in [1.82, 2.24) is 9.55 Å². The highest BCUT2D eigenvalue weighted by molar-refractivity contribution is 5.95. The molecule has 4 heteroatoms. The van der Waals surface area contributed by atoms with Gasteiger partial charge in [0.2, 0.25) is 0 Å². The van der Waals surface area contributed by atoms with Crippen molar-refractivity contribution >= 4 is 5.97 Å². The molecule has 0 atom stereocenters. The van der Waals surface area contributed by atoms with E-state index in [-0.39, 0.29) is 0 Å². The Morgan fingerprint density at radius 2 is 1.88 bits per heavy atom. The topological polar surface area (TPSA) is 55.1 Å². The zero-order valence-corrected chi connectivity index (χ0v) is 14.4. The molecule has 2 aromatic carbocycles. The van der Waals surface area contributed by atoms with Crippen LogP contribution in [0.4, 0.5) is 0 Å². The molecule has 0 spiro atoms. The number of hydrogen-bond acceptors (Lipinski definition) is 2. The third-order valence-corrected chi connectivity index (χ3v) is 4.34. The lowest BCUT2D eigenvalue weighted by Gasteiger charge is -2.09. The van der Waals surface area contributed by atoms with Crippen molar-refractivity contribution in [2.24, 2.45) is 0 Å². The number of nitrogens with zero attached hydrogens (tertiary/aromatic N) is 2. The van der Waals surface area contributed by atoms with Crippen molar-refractivity contribution in [3.8, 4) is 11.1 Å². The van der Waals surface area contributed by atoms with Gasteiger partial charge >= 0.3 is 5.97 Å². The molecule has 0 aliphatic heterocycles. The van der Waals surface area contributed by atoms with Crippen molar-refractivity contribution in [2.75, 3.05) is 0 Å². The summed E-state index contributed by atoms with van der Waals surface area (Å²) in [7, 11) is 0. The van der Waals surface area contributed by atoms with Crippen LogP contribution in [0.5, 0.6) is 0 Å². The van der Waals surface area contributed by atoms with Gasteiger partial charge in [0.25, 0.3) is 0 Å². The van der Waals surface area contributed by atoms with E-state index < -0.39 is 5.97 Å². The van der Waals surface area contributed by atoms with E-state index in [1.807, 2.05) is 48.8 Å². The Kier molecular flexibility index (Phi) is 5.29. The summed E-state index contributed by atoms with van der Waals surface area (Å²) in [5.41, 5.74) is 3.15. The van der Waals surface area contributed by atoms with Gasteiger partial charge in [-0.1, -0.05) is 55.8 Å². The van der Waals surface area contributed by atoms with E-state index in [0.29, 0.717) is 5.56 Å². The molecule has 0 fully saturated rings. The molecule has 1 heterocycles. The Hall–Kier alpha value is -2.88. The maximum absolute atomic E-state index is 11.4. The number of aryl methyl sites for hydroxylation is 1. The minimum Gasteiger partial charge on any atom is -0.478 e. The number of benzene rings is 2. The quantitative estimate of drug-likeness (QED) is 0.685. The van der Waals surface area contributed by atoms with Crippen LogP contribution in [-0.4, -0.2) is 20.6 Å². The van der Waals surface area contributed by atoms with Gasteiger partial charge in [-0.15, -0.1) is 0 Å². The van der Waals surface area contributed by atoms with Crippen molar-refractivity contribution < 1.29 is 9.90 Å². The zero-order chi connectivity index (χ0) is 17.6. The highest BCUT2D eigenvalue weighted by atomic mass is 16.4. The highest BCUT2D eigenvalue weighted by Crippen LogP contribution is 2.24. The number of imidazole rings is 1. The van der Waals surface area contributed by atoms with E-state index in [0.717, 1.165) is 42.8 Å². The van der Waals surface area contributed by atoms with Gasteiger partial charge in [-0.2, -0.15) is 0 Å². The molecule has 0 saturated carbocycles. The summed E-state index contributed by atoms with van der Waals surface area (Å²) in [6.45, 7) is 3.18. The Bertz CT molecular complexity index is 850. The molecule has 0 unspecified atom stereocenters. The van der Waals surface area contributed by atoms with Gasteiger partial charge in [0.15, 0.2) is 0 Å². The maximum atomic E-state index is 11.4. The molecule has 3 aromatic rings. The van der Waals surface area contributed by atoms with E-state index in [1.165, 1.54) is 5.56 Å². The lowest BCUT2D eigenvalue weighted by molar-refractivity contribution is 0.0697. The van der Waals surface area contributed by atoms with Crippen molar-refractivity contribution in [1.29, 1.82) is 0 Å². The second-order valence-corrected chi connectivity index (χ2v) is 6.11. The Balaban J connectivity index is 1.80. The van der Waals surface area contributed by atoms with Crippen molar-refractivity contribution in [2.45, 2.75) is 32.7 Å². The van der Waals surface area contributed by atoms with E-state index >= 15 is 0 Å². The number of aromatic carboxylic acids is 1. The summed E-state index contributed by atoms with van der Waals surface area (Å²) in [5.74, 6) is 0.157. The van der Waals surface area contributed by atoms with E-state index in [1.54, 1.807) is 12.1 Å². The van der Waals surface area contributed by atoms with Crippen LogP contribution in [0.15, 0.2) is 60.9 Å². The molecule has 1 aromatic heterocycles. The summed E-state index contributed by atoms with van der Waals surface area (Å²) in [6, 6.07) is 15.1. The molecule has 0 aliphatic rings. The minimum absolute atomic E-state index is 0.324. The van der Waals surface area contributed by atoms with E-state index in [9.17, 15) is 9.90 Å². The lowest BCUT2D eigenvalue weighted by Crippen LogP contribution is -2.04. The number of carbonyl (C=O) groups is 1. The smallest absolute Gasteiger partial charge is 0.336 e. The molecular formula is C21H22N2O2. The van der Waals surface area contributed by atoms with Gasteiger partial charge in [-0.25, -0.2) is 9.78 Å². The standard InChI is InChI=1S/C21H22N2O2/c1-2-3-13-23-14-12-22-20(23)15-16-8-10-17(11-9-16)18-6-4-5-7-19(18)21(24)25/h4-12,14H,2-3,13,15H2,1H3,(H,24,25). The monoisotopic (exact) mass is 334 g/mol. The summed E-state index contributed by atoms with van der Waals surface area (Å²) in [5, 5.41) is 9.34. The SMILES string of the molecule is CCCCn1ccnc1Cc1ccc(-c2ccccc2C(=O)O)cc1. The molecule has 25 heavy (non-hydrogen) atoms. The van der Waals surface area contributed by atoms with Crippen LogP contribution in [0.2, 0.25) is 0 Å². The predicted octanol–water partition coefficient (Wildman–Crippen LogP) is 4.64. The summed E-state index contributed by atoms with van der Waals surface area (Å²) in [6.07, 6.45) is 6.96. The fourth-order valence-corrected chi connectivity index (χ4v) is 2.95. The van der Waals surface area contributed by atoms with Gasteiger partial charge in [-0.3, -0.25) is 0 Å². The predicted molar refractivity (Wildman–Crippen MR) is 98.8 cm³/mol. The van der Waals surface area contributed by atoms with Gasteiger partial charge < -0.3 is 9.67 Å². The van der Waals surface area contributed by atoms with Gasteiger partial charge in [0, 0.05) is 25.4 Å². The first kappa shape index (κ1) is 17.0. The number of carboxylic acid groups (broad SMARTS) is 1. The normalized spacial score (nSPS) is 10.8. The fraction of sp³-hybridized carbons (Fsp3) is 0.238. The Labute approximate surface area is 147 Å². The average Bonchev–Trinajstić information content (AvgIpc) is 3.07. The Morgan fingerprint density at radius 3 is 2.60 bits per heavy atom. The third kappa shape index (κ3) is 3.97. The largest absolute Gasteiger partial charge is 0.478 e. The molecule has 128 valence electrons. The molecule has 0 bridgehead atoms. The number of rotatable bonds is 7. The second-order valence-electron chi connectivity index (χ2n) is 6.11. The lowest BCUT2D eigenvalue weighted by atomic mass is 9.98. The van der Waals surface area contributed by atoms with Crippen molar-refractivity contribution in [3.05, 3.63) is 77.9 Å². The summed E-state index contributed by atoms with van der Waals surface area (Å²) >= 11 is 0. The summed E-state index contributed by atoms with van der Waals surface area (Å²) in [4.78, 5) is 15.9. The summed E-state index contributed by atoms with van der Waals surface area (Å²) < 4.78 is 2.21. The van der Waals surface area contributed by atoms with Crippen LogP contribution in [0.1, 0.15) is 41.5 Å². The van der Waals surface area contributed by atoms with Gasteiger partial charge in [-0.05, 0) is 29.2 Å². The molecule has 4 nitrogen and oxygen atoms in total. The van der Waals surface area contributed by atoms with Gasteiger partial charge in [0.1, 0.15) is 5.82 Å². The van der Waals surface area contributed by atoms with Crippen LogP contribution in [0, 0.1) is 0 Å².